The van der Waals surface area contributed by atoms with E-state index in [9.17, 15) is 4.79 Å². The normalized spacial score (nSPS) is 19.2. The first-order valence-electron chi connectivity index (χ1n) is 8.49. The van der Waals surface area contributed by atoms with Gasteiger partial charge in [-0.05, 0) is 43.9 Å². The molecule has 0 aromatic carbocycles. The zero-order valence-corrected chi connectivity index (χ0v) is 13.7. The molecule has 6 nitrogen and oxygen atoms in total. The van der Waals surface area contributed by atoms with Gasteiger partial charge in [-0.2, -0.15) is 0 Å². The van der Waals surface area contributed by atoms with Gasteiger partial charge in [0.05, 0.1) is 6.54 Å². The van der Waals surface area contributed by atoms with E-state index in [0.29, 0.717) is 19.1 Å². The Hall–Kier alpha value is -2.11. The van der Waals surface area contributed by atoms with Crippen LogP contribution in [0.1, 0.15) is 25.3 Å². The molecular formula is C17H25N5O. The van der Waals surface area contributed by atoms with Gasteiger partial charge in [0.15, 0.2) is 5.96 Å². The van der Waals surface area contributed by atoms with Crippen molar-refractivity contribution in [2.24, 2.45) is 4.99 Å². The highest BCUT2D eigenvalue weighted by Gasteiger charge is 2.36. The maximum Gasteiger partial charge on any atom is 0.242 e. The molecule has 1 N–H and O–H groups in total. The number of nitrogens with one attached hydrogen (secondary N) is 1. The van der Waals surface area contributed by atoms with Gasteiger partial charge in [-0.15, -0.1) is 0 Å². The molecule has 6 heteroatoms. The smallest absolute Gasteiger partial charge is 0.242 e. The second-order valence-electron chi connectivity index (χ2n) is 6.08. The summed E-state index contributed by atoms with van der Waals surface area (Å²) in [6, 6.07) is 4.54. The molecule has 2 aliphatic rings. The lowest BCUT2D eigenvalue weighted by Crippen LogP contribution is -2.55. The van der Waals surface area contributed by atoms with Gasteiger partial charge in [-0.3, -0.25) is 14.8 Å². The minimum absolute atomic E-state index is 0.235. The van der Waals surface area contributed by atoms with Crippen LogP contribution in [-0.4, -0.2) is 65.4 Å². The number of aromatic nitrogens is 1. The highest BCUT2D eigenvalue weighted by atomic mass is 16.2. The molecule has 1 saturated heterocycles. The number of aliphatic imine (C=N–C) groups is 1. The van der Waals surface area contributed by atoms with Crippen LogP contribution in [0.4, 0.5) is 0 Å². The van der Waals surface area contributed by atoms with Gasteiger partial charge in [0.2, 0.25) is 5.91 Å². The number of carbonyl (C=O) groups is 1. The fourth-order valence-electron chi connectivity index (χ4n) is 2.91. The molecule has 1 aromatic heterocycles. The summed E-state index contributed by atoms with van der Waals surface area (Å²) >= 11 is 0. The number of hydrogen-bond donors (Lipinski definition) is 1. The fourth-order valence-corrected chi connectivity index (χ4v) is 2.91. The molecule has 1 aromatic rings. The zero-order chi connectivity index (χ0) is 16.1. The minimum Gasteiger partial charge on any atom is -0.357 e. The van der Waals surface area contributed by atoms with Crippen LogP contribution in [0.3, 0.4) is 0 Å². The number of rotatable bonds is 5. The highest BCUT2D eigenvalue weighted by molar-refractivity contribution is 5.88. The quantitative estimate of drug-likeness (QED) is 0.648. The van der Waals surface area contributed by atoms with E-state index in [1.807, 2.05) is 17.0 Å². The van der Waals surface area contributed by atoms with Crippen molar-refractivity contribution in [1.82, 2.24) is 20.1 Å². The summed E-state index contributed by atoms with van der Waals surface area (Å²) in [7, 11) is 0. The summed E-state index contributed by atoms with van der Waals surface area (Å²) in [5.41, 5.74) is 1.23. The minimum atomic E-state index is 0.235. The van der Waals surface area contributed by atoms with Crippen molar-refractivity contribution in [3.63, 3.8) is 0 Å². The monoisotopic (exact) mass is 315 g/mol. The van der Waals surface area contributed by atoms with Crippen LogP contribution in [0.5, 0.6) is 0 Å². The standard InChI is InChI=1S/C17H25N5O/c1-2-19-17(20-10-7-14-5-8-18-9-6-14)21-11-12-22(15-3-4-15)16(23)13-21/h5-6,8-9,15H,2-4,7,10-13H2,1H3,(H,19,20). The summed E-state index contributed by atoms with van der Waals surface area (Å²) < 4.78 is 0. The van der Waals surface area contributed by atoms with Crippen LogP contribution >= 0.6 is 0 Å². The summed E-state index contributed by atoms with van der Waals surface area (Å²) in [4.78, 5) is 25.1. The second kappa shape index (κ2) is 7.44. The van der Waals surface area contributed by atoms with E-state index >= 15 is 0 Å². The molecular weight excluding hydrogens is 290 g/mol. The van der Waals surface area contributed by atoms with Crippen molar-refractivity contribution < 1.29 is 4.79 Å². The third kappa shape index (κ3) is 4.21. The number of guanidine groups is 1. The lowest BCUT2D eigenvalue weighted by atomic mass is 10.2. The van der Waals surface area contributed by atoms with Gasteiger partial charge in [-0.25, -0.2) is 0 Å². The number of amides is 1. The van der Waals surface area contributed by atoms with E-state index in [2.05, 4.69) is 22.1 Å². The fraction of sp³-hybridized carbons (Fsp3) is 0.588. The van der Waals surface area contributed by atoms with Crippen molar-refractivity contribution in [3.8, 4) is 0 Å². The Kier molecular flexibility index (Phi) is 5.10. The Balaban J connectivity index is 1.57. The molecule has 0 atom stereocenters. The van der Waals surface area contributed by atoms with Crippen molar-refractivity contribution >= 4 is 11.9 Å². The van der Waals surface area contributed by atoms with Crippen LogP contribution in [0.15, 0.2) is 29.5 Å². The number of hydrogen-bond acceptors (Lipinski definition) is 3. The van der Waals surface area contributed by atoms with E-state index in [-0.39, 0.29) is 5.91 Å². The average Bonchev–Trinajstić information content (AvgIpc) is 3.40. The van der Waals surface area contributed by atoms with E-state index in [0.717, 1.165) is 32.0 Å². The molecule has 3 rings (SSSR count). The highest BCUT2D eigenvalue weighted by Crippen LogP contribution is 2.27. The lowest BCUT2D eigenvalue weighted by Gasteiger charge is -2.36. The molecule has 1 amide bonds. The Bertz CT molecular complexity index is 555. The van der Waals surface area contributed by atoms with Crippen LogP contribution in [0.25, 0.3) is 0 Å². The van der Waals surface area contributed by atoms with Gasteiger partial charge in [0.25, 0.3) is 0 Å². The maximum absolute atomic E-state index is 12.3. The van der Waals surface area contributed by atoms with Crippen LogP contribution < -0.4 is 5.32 Å². The molecule has 0 bridgehead atoms. The Morgan fingerprint density at radius 2 is 2.13 bits per heavy atom. The molecule has 2 fully saturated rings. The van der Waals surface area contributed by atoms with Gasteiger partial charge in [-0.1, -0.05) is 0 Å². The molecule has 0 spiro atoms. The van der Waals surface area contributed by atoms with E-state index < -0.39 is 0 Å². The predicted molar refractivity (Wildman–Crippen MR) is 90.2 cm³/mol. The molecule has 23 heavy (non-hydrogen) atoms. The third-order valence-corrected chi connectivity index (χ3v) is 4.29. The van der Waals surface area contributed by atoms with Crippen molar-refractivity contribution in [1.29, 1.82) is 0 Å². The summed E-state index contributed by atoms with van der Waals surface area (Å²) in [5, 5.41) is 3.31. The van der Waals surface area contributed by atoms with E-state index in [4.69, 9.17) is 4.99 Å². The predicted octanol–water partition coefficient (Wildman–Crippen LogP) is 0.896. The molecule has 0 radical (unpaired) electrons. The van der Waals surface area contributed by atoms with Crippen LogP contribution in [0, 0.1) is 0 Å². The first kappa shape index (κ1) is 15.8. The molecule has 124 valence electrons. The number of carbonyl (C=O) groups excluding carboxylic acids is 1. The molecule has 2 heterocycles. The lowest BCUT2D eigenvalue weighted by molar-refractivity contribution is -0.135. The largest absolute Gasteiger partial charge is 0.357 e. The first-order valence-corrected chi connectivity index (χ1v) is 8.49. The van der Waals surface area contributed by atoms with Gasteiger partial charge in [0, 0.05) is 44.6 Å². The summed E-state index contributed by atoms with van der Waals surface area (Å²) in [6.07, 6.45) is 6.84. The van der Waals surface area contributed by atoms with Crippen LogP contribution in [0.2, 0.25) is 0 Å². The average molecular weight is 315 g/mol. The van der Waals surface area contributed by atoms with Gasteiger partial charge >= 0.3 is 0 Å². The topological polar surface area (TPSA) is 60.8 Å². The summed E-state index contributed by atoms with van der Waals surface area (Å²) in [5.74, 6) is 1.09. The maximum atomic E-state index is 12.3. The van der Waals surface area contributed by atoms with Crippen molar-refractivity contribution in [2.75, 3.05) is 32.7 Å². The van der Waals surface area contributed by atoms with Crippen molar-refractivity contribution in [2.45, 2.75) is 32.2 Å². The zero-order valence-electron chi connectivity index (χ0n) is 13.7. The van der Waals surface area contributed by atoms with Crippen LogP contribution in [-0.2, 0) is 11.2 Å². The Morgan fingerprint density at radius 1 is 1.35 bits per heavy atom. The molecule has 0 unspecified atom stereocenters. The van der Waals surface area contributed by atoms with Gasteiger partial charge in [0.1, 0.15) is 0 Å². The second-order valence-corrected chi connectivity index (χ2v) is 6.08. The molecule has 1 aliphatic heterocycles. The Morgan fingerprint density at radius 3 is 2.78 bits per heavy atom. The third-order valence-electron chi connectivity index (χ3n) is 4.29. The SMILES string of the molecule is CCNC(=NCCc1ccncc1)N1CCN(C2CC2)C(=O)C1. The van der Waals surface area contributed by atoms with E-state index in [1.54, 1.807) is 12.4 Å². The number of pyridine rings is 1. The summed E-state index contributed by atoms with van der Waals surface area (Å²) in [6.45, 7) is 5.70. The molecule has 1 aliphatic carbocycles. The van der Waals surface area contributed by atoms with Crippen molar-refractivity contribution in [3.05, 3.63) is 30.1 Å². The number of piperazine rings is 1. The van der Waals surface area contributed by atoms with Gasteiger partial charge < -0.3 is 15.1 Å². The number of nitrogens with zero attached hydrogens (tertiary/aromatic N) is 4. The first-order chi connectivity index (χ1) is 11.3. The Labute approximate surface area is 137 Å². The molecule has 1 saturated carbocycles. The van der Waals surface area contributed by atoms with E-state index in [1.165, 1.54) is 18.4 Å².